The Labute approximate surface area is 208 Å². The van der Waals surface area contributed by atoms with Gasteiger partial charge in [0.25, 0.3) is 5.91 Å². The molecule has 0 radical (unpaired) electrons. The average molecular weight is 480 g/mol. The van der Waals surface area contributed by atoms with Gasteiger partial charge in [-0.1, -0.05) is 44.4 Å². The van der Waals surface area contributed by atoms with Gasteiger partial charge in [0.15, 0.2) is 0 Å². The molecule has 0 aliphatic carbocycles. The number of carbonyl (C=O) groups excluding carboxylic acids is 3. The maximum absolute atomic E-state index is 12.1. The monoisotopic (exact) mass is 479 g/mol. The molecule has 1 aromatic heterocycles. The smallest absolute Gasteiger partial charge is 0.265 e. The van der Waals surface area contributed by atoms with Gasteiger partial charge in [0.2, 0.25) is 11.8 Å². The molecule has 0 bridgehead atoms. The summed E-state index contributed by atoms with van der Waals surface area (Å²) in [5, 5.41) is 5.81. The lowest BCUT2D eigenvalue weighted by atomic mass is 10.1. The van der Waals surface area contributed by atoms with E-state index in [0.717, 1.165) is 56.2 Å². The van der Waals surface area contributed by atoms with Crippen LogP contribution < -0.4 is 21.5 Å². The Morgan fingerprint density at radius 2 is 1.69 bits per heavy atom. The van der Waals surface area contributed by atoms with Crippen LogP contribution in [0.15, 0.2) is 54.9 Å². The topological polar surface area (TPSA) is 112 Å². The zero-order chi connectivity index (χ0) is 25.1. The van der Waals surface area contributed by atoms with Crippen LogP contribution in [0.2, 0.25) is 0 Å². The minimum absolute atomic E-state index is 0.0308. The Kier molecular flexibility index (Phi) is 13.5. The molecule has 3 amide bonds. The van der Waals surface area contributed by atoms with Crippen molar-refractivity contribution in [3.05, 3.63) is 71.6 Å². The van der Waals surface area contributed by atoms with E-state index >= 15 is 0 Å². The normalized spacial score (nSPS) is 10.8. The summed E-state index contributed by atoms with van der Waals surface area (Å²) in [6.07, 6.45) is 12.9. The molecule has 0 aliphatic heterocycles. The van der Waals surface area contributed by atoms with Crippen LogP contribution >= 0.6 is 0 Å². The van der Waals surface area contributed by atoms with E-state index in [-0.39, 0.29) is 17.7 Å². The van der Waals surface area contributed by atoms with Gasteiger partial charge in [-0.3, -0.25) is 24.8 Å². The molecule has 0 fully saturated rings. The molecule has 0 atom stereocenters. The lowest BCUT2D eigenvalue weighted by Crippen LogP contribution is -2.37. The van der Waals surface area contributed by atoms with E-state index in [9.17, 15) is 14.4 Å². The van der Waals surface area contributed by atoms with Crippen molar-refractivity contribution in [1.29, 1.82) is 0 Å². The van der Waals surface area contributed by atoms with E-state index in [2.05, 4.69) is 26.5 Å². The molecule has 0 spiro atoms. The highest BCUT2D eigenvalue weighted by atomic mass is 16.2. The van der Waals surface area contributed by atoms with E-state index in [1.54, 1.807) is 30.6 Å². The fourth-order valence-electron chi connectivity index (χ4n) is 3.26. The van der Waals surface area contributed by atoms with E-state index in [0.29, 0.717) is 25.1 Å². The van der Waals surface area contributed by atoms with Gasteiger partial charge in [0.05, 0.1) is 0 Å². The largest absolute Gasteiger partial charge is 0.353 e. The highest BCUT2D eigenvalue weighted by Crippen LogP contribution is 2.07. The Morgan fingerprint density at radius 3 is 2.43 bits per heavy atom. The first-order valence-electron chi connectivity index (χ1n) is 12.3. The van der Waals surface area contributed by atoms with Crippen molar-refractivity contribution in [1.82, 2.24) is 26.5 Å². The quantitative estimate of drug-likeness (QED) is 0.167. The van der Waals surface area contributed by atoms with Gasteiger partial charge in [-0.25, -0.2) is 5.43 Å². The van der Waals surface area contributed by atoms with Crippen LogP contribution in [0.4, 0.5) is 0 Å². The number of amides is 3. The second-order valence-corrected chi connectivity index (χ2v) is 8.28. The number of nitrogens with zero attached hydrogens (tertiary/aromatic N) is 1. The third kappa shape index (κ3) is 12.5. The first-order valence-corrected chi connectivity index (χ1v) is 12.3. The minimum Gasteiger partial charge on any atom is -0.353 e. The number of hydrazine groups is 1. The first-order chi connectivity index (χ1) is 17.1. The molecular weight excluding hydrogens is 442 g/mol. The maximum atomic E-state index is 12.1. The number of pyridine rings is 1. The summed E-state index contributed by atoms with van der Waals surface area (Å²) < 4.78 is 0. The van der Waals surface area contributed by atoms with Crippen LogP contribution in [0.3, 0.4) is 0 Å². The van der Waals surface area contributed by atoms with Crippen molar-refractivity contribution in [3.8, 4) is 0 Å². The summed E-state index contributed by atoms with van der Waals surface area (Å²) in [5.41, 5.74) is 7.93. The number of hydrogen-bond donors (Lipinski definition) is 4. The SMILES string of the molecule is CCCNNC(=O)c1ccc(CNC(=O)CCCCCCCNC(=O)/C=C/c2cccnc2)cc1. The molecule has 8 nitrogen and oxygen atoms in total. The summed E-state index contributed by atoms with van der Waals surface area (Å²) in [6.45, 7) is 3.84. The van der Waals surface area contributed by atoms with E-state index < -0.39 is 0 Å². The van der Waals surface area contributed by atoms with Gasteiger partial charge in [-0.2, -0.15) is 0 Å². The van der Waals surface area contributed by atoms with Crippen LogP contribution in [0.1, 0.15) is 73.4 Å². The lowest BCUT2D eigenvalue weighted by Gasteiger charge is -2.08. The van der Waals surface area contributed by atoms with Crippen LogP contribution in [-0.4, -0.2) is 35.8 Å². The van der Waals surface area contributed by atoms with Crippen molar-refractivity contribution in [2.45, 2.75) is 58.4 Å². The first kappa shape index (κ1) is 27.7. The van der Waals surface area contributed by atoms with Crippen molar-refractivity contribution < 1.29 is 14.4 Å². The number of nitrogens with one attached hydrogen (secondary N) is 4. The molecule has 188 valence electrons. The van der Waals surface area contributed by atoms with E-state index in [1.807, 2.05) is 31.2 Å². The minimum atomic E-state index is -0.172. The highest BCUT2D eigenvalue weighted by molar-refractivity contribution is 5.93. The number of carbonyl (C=O) groups is 3. The lowest BCUT2D eigenvalue weighted by molar-refractivity contribution is -0.121. The van der Waals surface area contributed by atoms with Gasteiger partial charge >= 0.3 is 0 Å². The van der Waals surface area contributed by atoms with E-state index in [1.165, 1.54) is 6.08 Å². The molecule has 0 saturated carbocycles. The number of rotatable bonds is 16. The third-order valence-electron chi connectivity index (χ3n) is 5.27. The van der Waals surface area contributed by atoms with Crippen molar-refractivity contribution in [2.75, 3.05) is 13.1 Å². The summed E-state index contributed by atoms with van der Waals surface area (Å²) in [5.74, 6) is -0.246. The second-order valence-electron chi connectivity index (χ2n) is 8.28. The summed E-state index contributed by atoms with van der Waals surface area (Å²) in [4.78, 5) is 39.8. The van der Waals surface area contributed by atoms with Gasteiger partial charge in [-0.15, -0.1) is 0 Å². The summed E-state index contributed by atoms with van der Waals surface area (Å²) in [6, 6.07) is 10.9. The predicted molar refractivity (Wildman–Crippen MR) is 138 cm³/mol. The molecule has 1 aromatic carbocycles. The Bertz CT molecular complexity index is 930. The van der Waals surface area contributed by atoms with Crippen LogP contribution in [0, 0.1) is 0 Å². The molecule has 2 aromatic rings. The highest BCUT2D eigenvalue weighted by Gasteiger charge is 2.06. The number of aromatic nitrogens is 1. The zero-order valence-electron chi connectivity index (χ0n) is 20.5. The molecule has 2 rings (SSSR count). The molecule has 0 unspecified atom stereocenters. The number of benzene rings is 1. The molecule has 1 heterocycles. The molecule has 0 saturated heterocycles. The summed E-state index contributed by atoms with van der Waals surface area (Å²) in [7, 11) is 0. The Hall–Kier alpha value is -3.52. The standard InChI is InChI=1S/C27H37N5O3/c1-2-17-31-32-27(35)24-14-11-23(12-15-24)21-30-25(33)10-6-4-3-5-7-19-29-26(34)16-13-22-9-8-18-28-20-22/h8-9,11-16,18,20,31H,2-7,10,17,19,21H2,1H3,(H,29,34)(H,30,33)(H,32,35)/b16-13+. The Balaban J connectivity index is 1.47. The van der Waals surface area contributed by atoms with Crippen LogP contribution in [0.5, 0.6) is 0 Å². The Morgan fingerprint density at radius 1 is 0.914 bits per heavy atom. The van der Waals surface area contributed by atoms with Crippen molar-refractivity contribution in [2.24, 2.45) is 0 Å². The van der Waals surface area contributed by atoms with E-state index in [4.69, 9.17) is 0 Å². The third-order valence-corrected chi connectivity index (χ3v) is 5.27. The second kappa shape index (κ2) is 17.0. The van der Waals surface area contributed by atoms with Crippen LogP contribution in [-0.2, 0) is 16.1 Å². The van der Waals surface area contributed by atoms with Gasteiger partial charge in [-0.05, 0) is 54.7 Å². The summed E-state index contributed by atoms with van der Waals surface area (Å²) >= 11 is 0. The van der Waals surface area contributed by atoms with Crippen molar-refractivity contribution in [3.63, 3.8) is 0 Å². The van der Waals surface area contributed by atoms with Gasteiger partial charge in [0, 0.05) is 50.1 Å². The average Bonchev–Trinajstić information content (AvgIpc) is 2.88. The molecular formula is C27H37N5O3. The zero-order valence-corrected chi connectivity index (χ0v) is 20.5. The molecule has 35 heavy (non-hydrogen) atoms. The molecule has 0 aliphatic rings. The van der Waals surface area contributed by atoms with Gasteiger partial charge < -0.3 is 10.6 Å². The molecule has 4 N–H and O–H groups in total. The fourth-order valence-corrected chi connectivity index (χ4v) is 3.26. The van der Waals surface area contributed by atoms with Crippen LogP contribution in [0.25, 0.3) is 6.08 Å². The fraction of sp³-hybridized carbons (Fsp3) is 0.407. The molecule has 8 heteroatoms. The van der Waals surface area contributed by atoms with Gasteiger partial charge in [0.1, 0.15) is 0 Å². The maximum Gasteiger partial charge on any atom is 0.265 e. The predicted octanol–water partition coefficient (Wildman–Crippen LogP) is 3.51. The number of unbranched alkanes of at least 4 members (excludes halogenated alkanes) is 4. The van der Waals surface area contributed by atoms with Crippen molar-refractivity contribution >= 4 is 23.8 Å². The number of hydrogen-bond acceptors (Lipinski definition) is 5.